The standard InChI is InChI=1S/C13H12N4O4S/c1-17-10-7-9(3-4-11(10)21-8-12(17)18)22(19,20)16-13-14-5-2-6-15-13/h2-7H,8H2,1H3,(H,14,15,16). The molecule has 8 nitrogen and oxygen atoms in total. The van der Waals surface area contributed by atoms with Gasteiger partial charge in [-0.2, -0.15) is 0 Å². The van der Waals surface area contributed by atoms with E-state index in [9.17, 15) is 13.2 Å². The van der Waals surface area contributed by atoms with E-state index in [2.05, 4.69) is 14.7 Å². The summed E-state index contributed by atoms with van der Waals surface area (Å²) in [7, 11) is -2.29. The van der Waals surface area contributed by atoms with Crippen molar-refractivity contribution in [3.05, 3.63) is 36.7 Å². The number of aromatic nitrogens is 2. The van der Waals surface area contributed by atoms with E-state index < -0.39 is 10.0 Å². The molecular formula is C13H12N4O4S. The summed E-state index contributed by atoms with van der Waals surface area (Å²) in [6.07, 6.45) is 2.86. The van der Waals surface area contributed by atoms with Gasteiger partial charge in [-0.1, -0.05) is 0 Å². The molecule has 22 heavy (non-hydrogen) atoms. The number of amides is 1. The van der Waals surface area contributed by atoms with Crippen LogP contribution in [0.2, 0.25) is 0 Å². The Morgan fingerprint density at radius 2 is 2.00 bits per heavy atom. The molecule has 2 aromatic rings. The van der Waals surface area contributed by atoms with E-state index in [1.54, 1.807) is 13.1 Å². The van der Waals surface area contributed by atoms with Gasteiger partial charge in [-0.3, -0.25) is 4.79 Å². The zero-order valence-corrected chi connectivity index (χ0v) is 12.4. The molecule has 0 fully saturated rings. The number of anilines is 2. The summed E-state index contributed by atoms with van der Waals surface area (Å²) in [4.78, 5) is 20.6. The largest absolute Gasteiger partial charge is 0.482 e. The van der Waals surface area contributed by atoms with Gasteiger partial charge in [0.1, 0.15) is 5.75 Å². The lowest BCUT2D eigenvalue weighted by Crippen LogP contribution is -2.35. The van der Waals surface area contributed by atoms with Crippen LogP contribution >= 0.6 is 0 Å². The van der Waals surface area contributed by atoms with Crippen molar-refractivity contribution in [2.45, 2.75) is 4.90 Å². The van der Waals surface area contributed by atoms with Crippen LogP contribution in [0.1, 0.15) is 0 Å². The Morgan fingerprint density at radius 3 is 2.73 bits per heavy atom. The number of fused-ring (bicyclic) bond motifs is 1. The van der Waals surface area contributed by atoms with Crippen LogP contribution in [0.3, 0.4) is 0 Å². The van der Waals surface area contributed by atoms with E-state index in [-0.39, 0.29) is 23.4 Å². The number of carbonyl (C=O) groups is 1. The van der Waals surface area contributed by atoms with E-state index in [1.165, 1.54) is 35.5 Å². The highest BCUT2D eigenvalue weighted by Crippen LogP contribution is 2.33. The molecule has 3 rings (SSSR count). The number of benzene rings is 1. The van der Waals surface area contributed by atoms with Crippen LogP contribution in [-0.4, -0.2) is 37.9 Å². The molecular weight excluding hydrogens is 308 g/mol. The Balaban J connectivity index is 1.97. The van der Waals surface area contributed by atoms with E-state index in [4.69, 9.17) is 4.74 Å². The fourth-order valence-electron chi connectivity index (χ4n) is 1.95. The molecule has 0 saturated heterocycles. The van der Waals surface area contributed by atoms with Crippen LogP contribution in [0.5, 0.6) is 5.75 Å². The Labute approximate surface area is 126 Å². The Hall–Kier alpha value is -2.68. The van der Waals surface area contributed by atoms with Crippen molar-refractivity contribution in [1.82, 2.24) is 9.97 Å². The van der Waals surface area contributed by atoms with Gasteiger partial charge in [0.15, 0.2) is 6.61 Å². The summed E-state index contributed by atoms with van der Waals surface area (Å²) in [6, 6.07) is 5.86. The molecule has 0 spiro atoms. The van der Waals surface area contributed by atoms with Gasteiger partial charge >= 0.3 is 0 Å². The number of hydrogen-bond acceptors (Lipinski definition) is 6. The fourth-order valence-corrected chi connectivity index (χ4v) is 2.93. The summed E-state index contributed by atoms with van der Waals surface area (Å²) in [6.45, 7) is -0.0638. The molecule has 1 amide bonds. The maximum atomic E-state index is 12.3. The molecule has 0 bridgehead atoms. The molecule has 114 valence electrons. The van der Waals surface area contributed by atoms with Gasteiger partial charge in [0, 0.05) is 19.4 Å². The van der Waals surface area contributed by atoms with Crippen molar-refractivity contribution in [2.24, 2.45) is 0 Å². The van der Waals surface area contributed by atoms with Crippen LogP contribution in [-0.2, 0) is 14.8 Å². The number of ether oxygens (including phenoxy) is 1. The van der Waals surface area contributed by atoms with Crippen LogP contribution < -0.4 is 14.4 Å². The number of hydrogen-bond donors (Lipinski definition) is 1. The van der Waals surface area contributed by atoms with Crippen LogP contribution in [0.15, 0.2) is 41.6 Å². The molecule has 1 aromatic heterocycles. The quantitative estimate of drug-likeness (QED) is 0.890. The molecule has 1 aliphatic heterocycles. The molecule has 2 heterocycles. The highest BCUT2D eigenvalue weighted by Gasteiger charge is 2.25. The molecule has 1 aliphatic rings. The van der Waals surface area contributed by atoms with Gasteiger partial charge in [0.25, 0.3) is 15.9 Å². The predicted molar refractivity (Wildman–Crippen MR) is 78.2 cm³/mol. The summed E-state index contributed by atoms with van der Waals surface area (Å²) < 4.78 is 32.2. The van der Waals surface area contributed by atoms with Gasteiger partial charge in [-0.25, -0.2) is 23.1 Å². The normalized spacial score (nSPS) is 14.2. The number of sulfonamides is 1. The topological polar surface area (TPSA) is 101 Å². The Morgan fingerprint density at radius 1 is 1.27 bits per heavy atom. The van der Waals surface area contributed by atoms with Gasteiger partial charge in [-0.05, 0) is 24.3 Å². The molecule has 0 unspecified atom stereocenters. The lowest BCUT2D eigenvalue weighted by molar-refractivity contribution is -0.120. The van der Waals surface area contributed by atoms with Crippen LogP contribution in [0.4, 0.5) is 11.6 Å². The van der Waals surface area contributed by atoms with Gasteiger partial charge < -0.3 is 9.64 Å². The van der Waals surface area contributed by atoms with Gasteiger partial charge in [-0.15, -0.1) is 0 Å². The number of carbonyl (C=O) groups excluding carboxylic acids is 1. The van der Waals surface area contributed by atoms with E-state index in [0.29, 0.717) is 11.4 Å². The Bertz CT molecular complexity index is 823. The smallest absolute Gasteiger partial charge is 0.264 e. The summed E-state index contributed by atoms with van der Waals surface area (Å²) in [5.41, 5.74) is 0.396. The molecule has 1 aromatic carbocycles. The van der Waals surface area contributed by atoms with Crippen molar-refractivity contribution in [3.63, 3.8) is 0 Å². The predicted octanol–water partition coefficient (Wildman–Crippen LogP) is 0.633. The second-order valence-electron chi connectivity index (χ2n) is 4.55. The third kappa shape index (κ3) is 2.58. The van der Waals surface area contributed by atoms with Crippen molar-refractivity contribution in [2.75, 3.05) is 23.3 Å². The number of likely N-dealkylation sites (N-methyl/N-ethyl adjacent to an activating group) is 1. The lowest BCUT2D eigenvalue weighted by Gasteiger charge is -2.26. The number of rotatable bonds is 3. The summed E-state index contributed by atoms with van der Waals surface area (Å²) in [5, 5.41) is 0. The first-order valence-corrected chi connectivity index (χ1v) is 7.79. The van der Waals surface area contributed by atoms with Gasteiger partial charge in [0.2, 0.25) is 5.95 Å². The zero-order valence-electron chi connectivity index (χ0n) is 11.6. The molecule has 9 heteroatoms. The van der Waals surface area contributed by atoms with Crippen LogP contribution in [0, 0.1) is 0 Å². The van der Waals surface area contributed by atoms with Gasteiger partial charge in [0.05, 0.1) is 10.6 Å². The van der Waals surface area contributed by atoms with E-state index in [1.807, 2.05) is 0 Å². The average Bonchev–Trinajstić information content (AvgIpc) is 2.51. The van der Waals surface area contributed by atoms with E-state index >= 15 is 0 Å². The average molecular weight is 320 g/mol. The molecule has 1 N–H and O–H groups in total. The third-order valence-electron chi connectivity index (χ3n) is 3.12. The number of nitrogens with zero attached hydrogens (tertiary/aromatic N) is 3. The first-order valence-electron chi connectivity index (χ1n) is 6.30. The first kappa shape index (κ1) is 14.3. The minimum absolute atomic E-state index is 0.0103. The van der Waals surface area contributed by atoms with Crippen molar-refractivity contribution in [3.8, 4) is 5.75 Å². The molecule has 0 aliphatic carbocycles. The molecule has 0 saturated carbocycles. The van der Waals surface area contributed by atoms with Crippen molar-refractivity contribution >= 4 is 27.6 Å². The maximum Gasteiger partial charge on any atom is 0.264 e. The van der Waals surface area contributed by atoms with Crippen molar-refractivity contribution in [1.29, 1.82) is 0 Å². The first-order chi connectivity index (χ1) is 10.5. The Kier molecular flexibility index (Phi) is 3.41. The second kappa shape index (κ2) is 5.26. The highest BCUT2D eigenvalue weighted by atomic mass is 32.2. The highest BCUT2D eigenvalue weighted by molar-refractivity contribution is 7.92. The van der Waals surface area contributed by atoms with Crippen LogP contribution in [0.25, 0.3) is 0 Å². The summed E-state index contributed by atoms with van der Waals surface area (Å²) in [5.74, 6) is 0.180. The molecule has 0 radical (unpaired) electrons. The minimum atomic E-state index is -3.86. The zero-order chi connectivity index (χ0) is 15.7. The maximum absolute atomic E-state index is 12.3. The van der Waals surface area contributed by atoms with E-state index in [0.717, 1.165) is 0 Å². The monoisotopic (exact) mass is 320 g/mol. The number of nitrogens with one attached hydrogen (secondary N) is 1. The fraction of sp³-hybridized carbons (Fsp3) is 0.154. The lowest BCUT2D eigenvalue weighted by atomic mass is 10.2. The second-order valence-corrected chi connectivity index (χ2v) is 6.23. The molecule has 0 atom stereocenters. The summed E-state index contributed by atoms with van der Waals surface area (Å²) >= 11 is 0. The third-order valence-corrected chi connectivity index (χ3v) is 4.44. The van der Waals surface area contributed by atoms with Crippen molar-refractivity contribution < 1.29 is 17.9 Å². The SMILES string of the molecule is CN1C(=O)COc2ccc(S(=O)(=O)Nc3ncccn3)cc21. The minimum Gasteiger partial charge on any atom is -0.482 e.